The second-order valence-corrected chi connectivity index (χ2v) is 7.83. The van der Waals surface area contributed by atoms with E-state index in [2.05, 4.69) is 10.6 Å². The molecule has 4 rings (SSSR count). The van der Waals surface area contributed by atoms with Gasteiger partial charge in [-0.2, -0.15) is 0 Å². The fourth-order valence-corrected chi connectivity index (χ4v) is 4.18. The van der Waals surface area contributed by atoms with Gasteiger partial charge in [0, 0.05) is 46.0 Å². The molecule has 0 aromatic heterocycles. The number of allylic oxidation sites excluding steroid dienone is 3. The van der Waals surface area contributed by atoms with E-state index in [1.807, 2.05) is 0 Å². The van der Waals surface area contributed by atoms with Crippen LogP contribution in [0.4, 0.5) is 14.5 Å². The van der Waals surface area contributed by atoms with Gasteiger partial charge >= 0.3 is 0 Å². The molecule has 2 aromatic rings. The Morgan fingerprint density at radius 2 is 1.87 bits per heavy atom. The summed E-state index contributed by atoms with van der Waals surface area (Å²) in [6, 6.07) is 9.92. The fourth-order valence-electron chi connectivity index (χ4n) is 4.05. The van der Waals surface area contributed by atoms with Gasteiger partial charge in [-0.05, 0) is 49.6 Å². The van der Waals surface area contributed by atoms with E-state index >= 15 is 0 Å². The molecule has 0 spiro atoms. The molecule has 0 unspecified atom stereocenters. The van der Waals surface area contributed by atoms with E-state index in [1.165, 1.54) is 6.07 Å². The van der Waals surface area contributed by atoms with Crippen molar-refractivity contribution in [1.82, 2.24) is 5.32 Å². The van der Waals surface area contributed by atoms with Gasteiger partial charge in [-0.15, -0.1) is 0 Å². The normalized spacial score (nSPS) is 18.8. The first kappa shape index (κ1) is 20.3. The van der Waals surface area contributed by atoms with Crippen molar-refractivity contribution in [3.63, 3.8) is 0 Å². The quantitative estimate of drug-likeness (QED) is 0.704. The van der Waals surface area contributed by atoms with Crippen molar-refractivity contribution >= 4 is 29.0 Å². The SMILES string of the molecule is CC1=C(C(=O)Nc2ccc(F)cc2F)[C@H](c2ccc(Cl)cc2)C2=C(CCCC2=O)N1. The molecule has 0 bridgehead atoms. The maximum Gasteiger partial charge on any atom is 0.254 e. The van der Waals surface area contributed by atoms with Gasteiger partial charge in [0.1, 0.15) is 11.6 Å². The van der Waals surface area contributed by atoms with Crippen LogP contribution in [-0.4, -0.2) is 11.7 Å². The summed E-state index contributed by atoms with van der Waals surface area (Å²) < 4.78 is 27.3. The molecule has 1 aliphatic carbocycles. The van der Waals surface area contributed by atoms with E-state index in [0.29, 0.717) is 40.8 Å². The van der Waals surface area contributed by atoms with Crippen molar-refractivity contribution in [2.75, 3.05) is 5.32 Å². The number of carbonyl (C=O) groups is 2. The number of hydrogen-bond acceptors (Lipinski definition) is 3. The van der Waals surface area contributed by atoms with E-state index in [0.717, 1.165) is 23.7 Å². The molecule has 1 heterocycles. The van der Waals surface area contributed by atoms with E-state index in [1.54, 1.807) is 31.2 Å². The molecule has 4 nitrogen and oxygen atoms in total. The highest BCUT2D eigenvalue weighted by molar-refractivity contribution is 6.30. The summed E-state index contributed by atoms with van der Waals surface area (Å²) in [5.41, 5.74) is 2.88. The first-order valence-electron chi connectivity index (χ1n) is 9.61. The maximum atomic E-state index is 14.1. The van der Waals surface area contributed by atoms with Crippen LogP contribution in [0.3, 0.4) is 0 Å². The van der Waals surface area contributed by atoms with Crippen LogP contribution in [0, 0.1) is 11.6 Å². The summed E-state index contributed by atoms with van der Waals surface area (Å²) in [6.45, 7) is 1.75. The largest absolute Gasteiger partial charge is 0.362 e. The summed E-state index contributed by atoms with van der Waals surface area (Å²) in [5.74, 6) is -2.79. The summed E-state index contributed by atoms with van der Waals surface area (Å²) in [6.07, 6.45) is 1.86. The van der Waals surface area contributed by atoms with Gasteiger partial charge in [-0.3, -0.25) is 9.59 Å². The molecule has 0 saturated heterocycles. The minimum Gasteiger partial charge on any atom is -0.362 e. The van der Waals surface area contributed by atoms with Gasteiger partial charge in [-0.25, -0.2) is 8.78 Å². The standard InChI is InChI=1S/C23H19ClF2N2O2/c1-12-20(23(30)28-17-10-9-15(25)11-16(17)26)21(13-5-7-14(24)8-6-13)22-18(27-12)3-2-4-19(22)29/h5-11,21,27H,2-4H2,1H3,(H,28,30)/t21-/m0/s1. The molecule has 0 radical (unpaired) electrons. The Kier molecular flexibility index (Phi) is 5.43. The van der Waals surface area contributed by atoms with E-state index < -0.39 is 23.5 Å². The van der Waals surface area contributed by atoms with Crippen LogP contribution in [-0.2, 0) is 9.59 Å². The van der Waals surface area contributed by atoms with Crippen LogP contribution < -0.4 is 10.6 Å². The lowest BCUT2D eigenvalue weighted by molar-refractivity contribution is -0.116. The molecule has 0 fully saturated rings. The predicted molar refractivity (Wildman–Crippen MR) is 111 cm³/mol. The average Bonchev–Trinajstić information content (AvgIpc) is 2.70. The molecule has 7 heteroatoms. The third-order valence-electron chi connectivity index (χ3n) is 5.40. The number of hydrogen-bond donors (Lipinski definition) is 2. The second kappa shape index (κ2) is 8.03. The fraction of sp³-hybridized carbons (Fsp3) is 0.217. The topological polar surface area (TPSA) is 58.2 Å². The monoisotopic (exact) mass is 428 g/mol. The van der Waals surface area contributed by atoms with Crippen LogP contribution >= 0.6 is 11.6 Å². The molecule has 0 saturated carbocycles. The molecular weight excluding hydrogens is 410 g/mol. The van der Waals surface area contributed by atoms with Crippen molar-refractivity contribution in [2.24, 2.45) is 0 Å². The lowest BCUT2D eigenvalue weighted by Gasteiger charge is -2.34. The second-order valence-electron chi connectivity index (χ2n) is 7.40. The van der Waals surface area contributed by atoms with E-state index in [4.69, 9.17) is 11.6 Å². The van der Waals surface area contributed by atoms with Crippen molar-refractivity contribution in [2.45, 2.75) is 32.1 Å². The number of anilines is 1. The highest BCUT2D eigenvalue weighted by Gasteiger charge is 2.38. The van der Waals surface area contributed by atoms with Gasteiger partial charge in [-0.1, -0.05) is 23.7 Å². The van der Waals surface area contributed by atoms with Crippen LogP contribution in [0.1, 0.15) is 37.7 Å². The molecular formula is C23H19ClF2N2O2. The minimum atomic E-state index is -0.873. The zero-order valence-electron chi connectivity index (χ0n) is 16.2. The van der Waals surface area contributed by atoms with Crippen molar-refractivity contribution in [1.29, 1.82) is 0 Å². The van der Waals surface area contributed by atoms with Crippen molar-refractivity contribution < 1.29 is 18.4 Å². The molecule has 1 atom stereocenters. The van der Waals surface area contributed by atoms with E-state index in [-0.39, 0.29) is 11.5 Å². The number of halogens is 3. The van der Waals surface area contributed by atoms with Crippen LogP contribution in [0.25, 0.3) is 0 Å². The van der Waals surface area contributed by atoms with Crippen LogP contribution in [0.5, 0.6) is 0 Å². The Balaban J connectivity index is 1.78. The predicted octanol–water partition coefficient (Wildman–Crippen LogP) is 5.22. The lowest BCUT2D eigenvalue weighted by atomic mass is 9.75. The Bertz CT molecular complexity index is 1110. The first-order chi connectivity index (χ1) is 14.3. The molecule has 2 aromatic carbocycles. The molecule has 1 amide bonds. The van der Waals surface area contributed by atoms with Crippen LogP contribution in [0.15, 0.2) is 65.0 Å². The zero-order valence-corrected chi connectivity index (χ0v) is 16.9. The molecule has 2 aliphatic rings. The summed E-state index contributed by atoms with van der Waals surface area (Å²) >= 11 is 6.03. The number of amides is 1. The third kappa shape index (κ3) is 3.75. The van der Waals surface area contributed by atoms with Gasteiger partial charge < -0.3 is 10.6 Å². The zero-order chi connectivity index (χ0) is 21.4. The lowest BCUT2D eigenvalue weighted by Crippen LogP contribution is -2.35. The first-order valence-corrected chi connectivity index (χ1v) is 9.99. The van der Waals surface area contributed by atoms with Gasteiger partial charge in [0.05, 0.1) is 5.69 Å². The number of dihydropyridines is 1. The number of Topliss-reactive ketones (excluding diaryl/α,β-unsaturated/α-hetero) is 1. The number of nitrogens with one attached hydrogen (secondary N) is 2. The number of rotatable bonds is 3. The highest BCUT2D eigenvalue weighted by Crippen LogP contribution is 2.42. The number of carbonyl (C=O) groups excluding carboxylic acids is 2. The Labute approximate surface area is 177 Å². The van der Waals surface area contributed by atoms with Gasteiger partial charge in [0.15, 0.2) is 5.78 Å². The number of ketones is 1. The molecule has 1 aliphatic heterocycles. The summed E-state index contributed by atoms with van der Waals surface area (Å²) in [7, 11) is 0. The van der Waals surface area contributed by atoms with Crippen molar-refractivity contribution in [3.05, 3.63) is 87.2 Å². The highest BCUT2D eigenvalue weighted by atomic mass is 35.5. The maximum absolute atomic E-state index is 14.1. The van der Waals surface area contributed by atoms with Gasteiger partial charge in [0.2, 0.25) is 0 Å². The van der Waals surface area contributed by atoms with Crippen molar-refractivity contribution in [3.8, 4) is 0 Å². The number of benzene rings is 2. The minimum absolute atomic E-state index is 0.0190. The molecule has 154 valence electrons. The van der Waals surface area contributed by atoms with Crippen LogP contribution in [0.2, 0.25) is 5.02 Å². The summed E-state index contributed by atoms with van der Waals surface area (Å²) in [5, 5.41) is 6.26. The Morgan fingerprint density at radius 3 is 2.57 bits per heavy atom. The molecule has 2 N–H and O–H groups in total. The average molecular weight is 429 g/mol. The molecule has 30 heavy (non-hydrogen) atoms. The Hall–Kier alpha value is -2.99. The van der Waals surface area contributed by atoms with Gasteiger partial charge in [0.25, 0.3) is 5.91 Å². The smallest absolute Gasteiger partial charge is 0.254 e. The van der Waals surface area contributed by atoms with E-state index in [9.17, 15) is 18.4 Å². The third-order valence-corrected chi connectivity index (χ3v) is 5.66. The Morgan fingerprint density at radius 1 is 1.13 bits per heavy atom. The summed E-state index contributed by atoms with van der Waals surface area (Å²) in [4.78, 5) is 26.0.